The molecule has 5 nitrogen and oxygen atoms in total. The first-order valence-corrected chi connectivity index (χ1v) is 8.33. The summed E-state index contributed by atoms with van der Waals surface area (Å²) < 4.78 is 15.6. The molecule has 0 atom stereocenters. The maximum atomic E-state index is 11.6. The van der Waals surface area contributed by atoms with Crippen molar-refractivity contribution in [1.29, 1.82) is 0 Å². The van der Waals surface area contributed by atoms with Gasteiger partial charge in [-0.25, -0.2) is 4.79 Å². The van der Waals surface area contributed by atoms with E-state index in [-0.39, 0.29) is 12.6 Å². The SMILES string of the molecule is O=C(CCCCCOCC(=O)Oc1ccccc1)Oc1ccccc1. The molecular formula is C20H22O5. The van der Waals surface area contributed by atoms with E-state index in [4.69, 9.17) is 14.2 Å². The van der Waals surface area contributed by atoms with Crippen LogP contribution in [0.1, 0.15) is 25.7 Å². The number of benzene rings is 2. The quantitative estimate of drug-likeness (QED) is 0.374. The van der Waals surface area contributed by atoms with Crippen LogP contribution in [0.15, 0.2) is 60.7 Å². The Morgan fingerprint density at radius 1 is 0.680 bits per heavy atom. The van der Waals surface area contributed by atoms with Crippen LogP contribution in [-0.2, 0) is 14.3 Å². The van der Waals surface area contributed by atoms with E-state index in [1.165, 1.54) is 0 Å². The summed E-state index contributed by atoms with van der Waals surface area (Å²) in [5, 5.41) is 0. The Morgan fingerprint density at radius 2 is 1.24 bits per heavy atom. The van der Waals surface area contributed by atoms with Crippen molar-refractivity contribution in [2.24, 2.45) is 0 Å². The Labute approximate surface area is 147 Å². The number of hydrogen-bond donors (Lipinski definition) is 0. The Morgan fingerprint density at radius 3 is 1.84 bits per heavy atom. The molecule has 132 valence electrons. The van der Waals surface area contributed by atoms with Gasteiger partial charge in [-0.2, -0.15) is 0 Å². The van der Waals surface area contributed by atoms with Gasteiger partial charge in [0.15, 0.2) is 0 Å². The van der Waals surface area contributed by atoms with Crippen LogP contribution in [0.4, 0.5) is 0 Å². The number of carbonyl (C=O) groups excluding carboxylic acids is 2. The second-order valence-electron chi connectivity index (χ2n) is 5.44. The predicted octanol–water partition coefficient (Wildman–Crippen LogP) is 3.77. The predicted molar refractivity (Wildman–Crippen MR) is 93.4 cm³/mol. The highest BCUT2D eigenvalue weighted by atomic mass is 16.6. The molecule has 0 unspecified atom stereocenters. The van der Waals surface area contributed by atoms with Crippen LogP contribution in [-0.4, -0.2) is 25.2 Å². The second kappa shape index (κ2) is 11.0. The minimum Gasteiger partial charge on any atom is -0.427 e. The molecule has 0 amide bonds. The fraction of sp³-hybridized carbons (Fsp3) is 0.300. The third-order valence-corrected chi connectivity index (χ3v) is 3.34. The third kappa shape index (κ3) is 8.13. The van der Waals surface area contributed by atoms with E-state index < -0.39 is 5.97 Å². The lowest BCUT2D eigenvalue weighted by Crippen LogP contribution is -2.16. The van der Waals surface area contributed by atoms with E-state index in [0.29, 0.717) is 24.5 Å². The van der Waals surface area contributed by atoms with Gasteiger partial charge in [0, 0.05) is 13.0 Å². The standard InChI is InChI=1S/C20H22O5/c21-19(24-17-10-4-1-5-11-17)14-8-3-9-15-23-16-20(22)25-18-12-6-2-7-13-18/h1-2,4-7,10-13H,3,8-9,14-16H2. The van der Waals surface area contributed by atoms with Crippen LogP contribution in [0.5, 0.6) is 11.5 Å². The summed E-state index contributed by atoms with van der Waals surface area (Å²) in [6.07, 6.45) is 2.70. The molecule has 0 bridgehead atoms. The lowest BCUT2D eigenvalue weighted by Gasteiger charge is -2.06. The van der Waals surface area contributed by atoms with E-state index in [1.54, 1.807) is 36.4 Å². The lowest BCUT2D eigenvalue weighted by atomic mass is 10.2. The number of ether oxygens (including phenoxy) is 3. The summed E-state index contributed by atoms with van der Waals surface area (Å²) in [6, 6.07) is 17.9. The smallest absolute Gasteiger partial charge is 0.337 e. The highest BCUT2D eigenvalue weighted by Crippen LogP contribution is 2.11. The van der Waals surface area contributed by atoms with Crippen molar-refractivity contribution in [1.82, 2.24) is 0 Å². The molecule has 0 saturated carbocycles. The zero-order chi connectivity index (χ0) is 17.7. The highest BCUT2D eigenvalue weighted by Gasteiger charge is 2.06. The van der Waals surface area contributed by atoms with Gasteiger partial charge in [-0.15, -0.1) is 0 Å². The molecule has 0 spiro atoms. The number of unbranched alkanes of at least 4 members (excludes halogenated alkanes) is 2. The van der Waals surface area contributed by atoms with Crippen LogP contribution < -0.4 is 9.47 Å². The zero-order valence-electron chi connectivity index (χ0n) is 14.1. The van der Waals surface area contributed by atoms with Gasteiger partial charge in [0.05, 0.1) is 0 Å². The van der Waals surface area contributed by atoms with E-state index in [2.05, 4.69) is 0 Å². The average molecular weight is 342 g/mol. The molecule has 2 aromatic carbocycles. The molecule has 0 aliphatic rings. The molecule has 0 fully saturated rings. The first kappa shape index (κ1) is 18.7. The zero-order valence-corrected chi connectivity index (χ0v) is 14.1. The molecule has 25 heavy (non-hydrogen) atoms. The summed E-state index contributed by atoms with van der Waals surface area (Å²) in [6.45, 7) is 0.378. The van der Waals surface area contributed by atoms with E-state index in [9.17, 15) is 9.59 Å². The Kier molecular flexibility index (Phi) is 8.21. The van der Waals surface area contributed by atoms with Crippen LogP contribution in [0.3, 0.4) is 0 Å². The molecule has 2 rings (SSSR count). The summed E-state index contributed by atoms with van der Waals surface area (Å²) in [4.78, 5) is 23.2. The second-order valence-corrected chi connectivity index (χ2v) is 5.44. The van der Waals surface area contributed by atoms with Gasteiger partial charge < -0.3 is 14.2 Å². The number of carbonyl (C=O) groups is 2. The maximum absolute atomic E-state index is 11.6. The van der Waals surface area contributed by atoms with Crippen molar-refractivity contribution < 1.29 is 23.8 Å². The van der Waals surface area contributed by atoms with Gasteiger partial charge in [0.2, 0.25) is 0 Å². The molecule has 0 heterocycles. The maximum Gasteiger partial charge on any atom is 0.337 e. The number of para-hydroxylation sites is 2. The van der Waals surface area contributed by atoms with Crippen molar-refractivity contribution >= 4 is 11.9 Å². The molecule has 2 aromatic rings. The van der Waals surface area contributed by atoms with Crippen molar-refractivity contribution in [3.63, 3.8) is 0 Å². The van der Waals surface area contributed by atoms with Gasteiger partial charge in [0.25, 0.3) is 0 Å². The third-order valence-electron chi connectivity index (χ3n) is 3.34. The first-order valence-electron chi connectivity index (χ1n) is 8.33. The van der Waals surface area contributed by atoms with Gasteiger partial charge in [-0.05, 0) is 37.1 Å². The lowest BCUT2D eigenvalue weighted by molar-refractivity contribution is -0.139. The van der Waals surface area contributed by atoms with Crippen LogP contribution in [0.25, 0.3) is 0 Å². The summed E-state index contributed by atoms with van der Waals surface area (Å²) in [7, 11) is 0. The first-order chi connectivity index (χ1) is 12.2. The van der Waals surface area contributed by atoms with Gasteiger partial charge in [-0.3, -0.25) is 4.79 Å². The van der Waals surface area contributed by atoms with Crippen LogP contribution >= 0.6 is 0 Å². The summed E-state index contributed by atoms with van der Waals surface area (Å²) >= 11 is 0. The van der Waals surface area contributed by atoms with Gasteiger partial charge >= 0.3 is 11.9 Å². The van der Waals surface area contributed by atoms with Crippen molar-refractivity contribution in [3.05, 3.63) is 60.7 Å². The largest absolute Gasteiger partial charge is 0.427 e. The number of esters is 2. The van der Waals surface area contributed by atoms with Gasteiger partial charge in [0.1, 0.15) is 18.1 Å². The molecule has 0 saturated heterocycles. The fourth-order valence-electron chi connectivity index (χ4n) is 2.13. The molecule has 0 N–H and O–H groups in total. The Bertz CT molecular complexity index is 582. The molecule has 5 heteroatoms. The minimum atomic E-state index is -0.419. The highest BCUT2D eigenvalue weighted by molar-refractivity contribution is 5.73. The normalized spacial score (nSPS) is 10.2. The molecule has 0 radical (unpaired) electrons. The average Bonchev–Trinajstić information content (AvgIpc) is 2.62. The van der Waals surface area contributed by atoms with E-state index in [0.717, 1.165) is 19.3 Å². The number of hydrogen-bond acceptors (Lipinski definition) is 5. The minimum absolute atomic E-state index is 0.0784. The summed E-state index contributed by atoms with van der Waals surface area (Å²) in [5.74, 6) is 0.414. The number of rotatable bonds is 10. The van der Waals surface area contributed by atoms with Crippen molar-refractivity contribution in [3.8, 4) is 11.5 Å². The molecule has 0 aliphatic carbocycles. The Hall–Kier alpha value is -2.66. The Balaban J connectivity index is 1.46. The molecule has 0 aromatic heterocycles. The van der Waals surface area contributed by atoms with E-state index >= 15 is 0 Å². The molecular weight excluding hydrogens is 320 g/mol. The van der Waals surface area contributed by atoms with Crippen LogP contribution in [0, 0.1) is 0 Å². The topological polar surface area (TPSA) is 61.8 Å². The molecule has 0 aliphatic heterocycles. The van der Waals surface area contributed by atoms with Gasteiger partial charge in [-0.1, -0.05) is 42.8 Å². The fourth-order valence-corrected chi connectivity index (χ4v) is 2.13. The van der Waals surface area contributed by atoms with Crippen LogP contribution in [0.2, 0.25) is 0 Å². The van der Waals surface area contributed by atoms with Crippen molar-refractivity contribution in [2.75, 3.05) is 13.2 Å². The van der Waals surface area contributed by atoms with E-state index in [1.807, 2.05) is 24.3 Å². The summed E-state index contributed by atoms with van der Waals surface area (Å²) in [5.41, 5.74) is 0. The monoisotopic (exact) mass is 342 g/mol. The van der Waals surface area contributed by atoms with Crippen molar-refractivity contribution in [2.45, 2.75) is 25.7 Å².